The van der Waals surface area contributed by atoms with E-state index >= 15 is 0 Å². The Morgan fingerprint density at radius 1 is 1.10 bits per heavy atom. The third kappa shape index (κ3) is 4.11. The van der Waals surface area contributed by atoms with E-state index in [9.17, 15) is 4.79 Å². The molecule has 1 aromatic carbocycles. The fourth-order valence-electron chi connectivity index (χ4n) is 4.17. The summed E-state index contributed by atoms with van der Waals surface area (Å²) in [6.07, 6.45) is 4.72. The molecule has 0 spiro atoms. The van der Waals surface area contributed by atoms with Gasteiger partial charge in [0, 0.05) is 50.2 Å². The second-order valence-corrected chi connectivity index (χ2v) is 7.89. The van der Waals surface area contributed by atoms with Crippen molar-refractivity contribution < 1.29 is 9.53 Å². The molecule has 156 valence electrons. The molecule has 0 saturated carbocycles. The minimum absolute atomic E-state index is 0.0674. The first-order valence-corrected chi connectivity index (χ1v) is 10.5. The van der Waals surface area contributed by atoms with Crippen LogP contribution in [0.15, 0.2) is 36.5 Å². The van der Waals surface area contributed by atoms with Crippen LogP contribution < -0.4 is 10.2 Å². The molecule has 2 aliphatic rings. The van der Waals surface area contributed by atoms with Crippen LogP contribution in [0.4, 0.5) is 5.95 Å². The highest BCUT2D eigenvalue weighted by Crippen LogP contribution is 2.26. The van der Waals surface area contributed by atoms with E-state index in [0.717, 1.165) is 61.7 Å². The van der Waals surface area contributed by atoms with Gasteiger partial charge in [-0.25, -0.2) is 9.97 Å². The number of aromatic nitrogens is 5. The second kappa shape index (κ2) is 8.35. The summed E-state index contributed by atoms with van der Waals surface area (Å²) in [6, 6.07) is 9.68. The van der Waals surface area contributed by atoms with Gasteiger partial charge in [-0.2, -0.15) is 15.0 Å². The molecule has 2 fully saturated rings. The zero-order valence-corrected chi connectivity index (χ0v) is 16.8. The lowest BCUT2D eigenvalue weighted by atomic mass is 9.96. The maximum absolute atomic E-state index is 12.5. The van der Waals surface area contributed by atoms with Crippen molar-refractivity contribution in [1.82, 2.24) is 30.3 Å². The Kier molecular flexibility index (Phi) is 5.27. The number of ether oxygens (including phenoxy) is 1. The van der Waals surface area contributed by atoms with Crippen LogP contribution in [0.5, 0.6) is 0 Å². The number of amides is 1. The third-order valence-corrected chi connectivity index (χ3v) is 5.75. The molecule has 2 aliphatic heterocycles. The first-order valence-electron chi connectivity index (χ1n) is 10.5. The second-order valence-electron chi connectivity index (χ2n) is 7.89. The zero-order valence-electron chi connectivity index (χ0n) is 16.8. The van der Waals surface area contributed by atoms with Gasteiger partial charge in [0.2, 0.25) is 11.9 Å². The lowest BCUT2D eigenvalue weighted by Crippen LogP contribution is -2.39. The number of rotatable bonds is 5. The van der Waals surface area contributed by atoms with E-state index in [2.05, 4.69) is 25.4 Å². The summed E-state index contributed by atoms with van der Waals surface area (Å²) in [7, 11) is 0. The van der Waals surface area contributed by atoms with Gasteiger partial charge in [0.1, 0.15) is 17.6 Å². The number of anilines is 1. The zero-order chi connectivity index (χ0) is 20.3. The molecule has 1 unspecified atom stereocenters. The Morgan fingerprint density at radius 3 is 2.63 bits per heavy atom. The van der Waals surface area contributed by atoms with Gasteiger partial charge in [-0.15, -0.1) is 0 Å². The summed E-state index contributed by atoms with van der Waals surface area (Å²) < 4.78 is 5.46. The number of carbonyl (C=O) groups is 1. The molecular weight excluding hydrogens is 382 g/mol. The molecule has 0 bridgehead atoms. The van der Waals surface area contributed by atoms with Gasteiger partial charge in [-0.05, 0) is 37.5 Å². The largest absolute Gasteiger partial charge is 0.381 e. The smallest absolute Gasteiger partial charge is 0.243 e. The van der Waals surface area contributed by atoms with Gasteiger partial charge in [0.15, 0.2) is 0 Å². The number of hydrogen-bond acceptors (Lipinski definition) is 7. The number of carbonyl (C=O) groups excluding carboxylic acids is 1. The van der Waals surface area contributed by atoms with Crippen LogP contribution in [0.3, 0.4) is 0 Å². The lowest BCUT2D eigenvalue weighted by molar-refractivity contribution is -0.122. The summed E-state index contributed by atoms with van der Waals surface area (Å²) in [4.78, 5) is 25.3. The Balaban J connectivity index is 1.18. The molecule has 1 N–H and O–H groups in total. The molecule has 0 aliphatic carbocycles. The third-order valence-electron chi connectivity index (χ3n) is 5.75. The highest BCUT2D eigenvalue weighted by molar-refractivity contribution is 5.77. The maximum atomic E-state index is 12.5. The van der Waals surface area contributed by atoms with Crippen LogP contribution in [-0.4, -0.2) is 63.2 Å². The summed E-state index contributed by atoms with van der Waals surface area (Å²) in [5, 5.41) is 11.8. The Morgan fingerprint density at radius 2 is 1.87 bits per heavy atom. The minimum Gasteiger partial charge on any atom is -0.381 e. The number of fused-ring (bicyclic) bond motifs is 1. The van der Waals surface area contributed by atoms with Crippen LogP contribution in [-0.2, 0) is 16.1 Å². The van der Waals surface area contributed by atoms with Crippen LogP contribution >= 0.6 is 0 Å². The maximum Gasteiger partial charge on any atom is 0.243 e. The van der Waals surface area contributed by atoms with Crippen molar-refractivity contribution in [2.75, 3.05) is 31.2 Å². The van der Waals surface area contributed by atoms with E-state index in [1.807, 2.05) is 36.5 Å². The van der Waals surface area contributed by atoms with Gasteiger partial charge < -0.3 is 15.0 Å². The summed E-state index contributed by atoms with van der Waals surface area (Å²) in [5.74, 6) is 1.10. The topological polar surface area (TPSA) is 98.1 Å². The van der Waals surface area contributed by atoms with E-state index in [4.69, 9.17) is 9.72 Å². The molecule has 1 atom stereocenters. The predicted molar refractivity (Wildman–Crippen MR) is 111 cm³/mol. The van der Waals surface area contributed by atoms with Gasteiger partial charge in [-0.3, -0.25) is 4.79 Å². The van der Waals surface area contributed by atoms with Crippen molar-refractivity contribution in [1.29, 1.82) is 0 Å². The van der Waals surface area contributed by atoms with Crippen molar-refractivity contribution >= 4 is 22.9 Å². The molecule has 9 nitrogen and oxygen atoms in total. The van der Waals surface area contributed by atoms with Crippen LogP contribution in [0.25, 0.3) is 11.0 Å². The van der Waals surface area contributed by atoms with Crippen molar-refractivity contribution in [2.45, 2.75) is 37.8 Å². The van der Waals surface area contributed by atoms with Crippen molar-refractivity contribution in [2.24, 2.45) is 0 Å². The van der Waals surface area contributed by atoms with Gasteiger partial charge in [0.05, 0.1) is 0 Å². The number of nitrogens with one attached hydrogen (secondary N) is 1. The first kappa shape index (κ1) is 18.9. The first-order chi connectivity index (χ1) is 14.7. The van der Waals surface area contributed by atoms with Gasteiger partial charge in [-0.1, -0.05) is 12.1 Å². The molecule has 0 radical (unpaired) electrons. The summed E-state index contributed by atoms with van der Waals surface area (Å²) in [6.45, 7) is 3.23. The minimum atomic E-state index is -0.0842. The van der Waals surface area contributed by atoms with E-state index in [0.29, 0.717) is 12.5 Å². The highest BCUT2D eigenvalue weighted by Gasteiger charge is 2.27. The predicted octanol–water partition coefficient (Wildman–Crippen LogP) is 1.51. The van der Waals surface area contributed by atoms with E-state index in [1.165, 1.54) is 4.80 Å². The van der Waals surface area contributed by atoms with Crippen LogP contribution in [0, 0.1) is 0 Å². The number of hydrogen-bond donors (Lipinski definition) is 1. The lowest BCUT2D eigenvalue weighted by Gasteiger charge is -2.23. The summed E-state index contributed by atoms with van der Waals surface area (Å²) in [5.41, 5.74) is 2.67. The van der Waals surface area contributed by atoms with E-state index in [-0.39, 0.29) is 18.5 Å². The number of benzene rings is 1. The Hall–Kier alpha value is -3.07. The molecule has 3 aromatic rings. The molecule has 2 saturated heterocycles. The van der Waals surface area contributed by atoms with Crippen molar-refractivity contribution in [3.63, 3.8) is 0 Å². The molecule has 9 heteroatoms. The average molecular weight is 407 g/mol. The fraction of sp³-hybridized carbons (Fsp3) is 0.476. The van der Waals surface area contributed by atoms with Crippen LogP contribution in [0.1, 0.15) is 30.9 Å². The summed E-state index contributed by atoms with van der Waals surface area (Å²) >= 11 is 0. The average Bonchev–Trinajstić information content (AvgIpc) is 3.41. The van der Waals surface area contributed by atoms with Crippen LogP contribution in [0.2, 0.25) is 0 Å². The van der Waals surface area contributed by atoms with Gasteiger partial charge >= 0.3 is 0 Å². The molecule has 4 heterocycles. The standard InChI is InChI=1S/C21H25N7O2/c29-20(14-28-25-18-3-1-2-4-19(18)26-28)23-16-6-10-27(13-16)21-22-9-5-17(24-21)15-7-11-30-12-8-15/h1-5,9,15-16H,6-8,10-14H2,(H,23,29). The van der Waals surface area contributed by atoms with Crippen molar-refractivity contribution in [3.8, 4) is 0 Å². The molecule has 1 amide bonds. The normalized spacial score (nSPS) is 20.0. The molecule has 5 rings (SSSR count). The fourth-order valence-corrected chi connectivity index (χ4v) is 4.17. The van der Waals surface area contributed by atoms with E-state index < -0.39 is 0 Å². The molecule has 2 aromatic heterocycles. The quantitative estimate of drug-likeness (QED) is 0.685. The van der Waals surface area contributed by atoms with Crippen molar-refractivity contribution in [3.05, 3.63) is 42.2 Å². The molecule has 30 heavy (non-hydrogen) atoms. The number of nitrogens with zero attached hydrogens (tertiary/aromatic N) is 6. The molecular formula is C21H25N7O2. The monoisotopic (exact) mass is 407 g/mol. The van der Waals surface area contributed by atoms with E-state index in [1.54, 1.807) is 0 Å². The Bertz CT molecular complexity index is 998. The SMILES string of the molecule is O=C(Cn1nc2ccccc2n1)NC1CCN(c2nccc(C3CCOCC3)n2)C1. The highest BCUT2D eigenvalue weighted by atomic mass is 16.5. The van der Waals surface area contributed by atoms with Gasteiger partial charge in [0.25, 0.3) is 0 Å². The Labute approximate surface area is 174 Å².